The normalized spacial score (nSPS) is 22.9. The molecule has 1 unspecified atom stereocenters. The van der Waals surface area contributed by atoms with Crippen molar-refractivity contribution < 1.29 is 13.9 Å². The van der Waals surface area contributed by atoms with Crippen LogP contribution < -0.4 is 9.64 Å². The van der Waals surface area contributed by atoms with Crippen molar-refractivity contribution in [1.29, 1.82) is 0 Å². The van der Waals surface area contributed by atoms with E-state index in [4.69, 9.17) is 4.74 Å². The van der Waals surface area contributed by atoms with E-state index in [-0.39, 0.29) is 17.5 Å². The molecule has 3 rings (SSSR count). The smallest absolute Gasteiger partial charge is 0.156 e. The first kappa shape index (κ1) is 12.5. The Hall–Kier alpha value is -1.58. The van der Waals surface area contributed by atoms with Crippen molar-refractivity contribution in [2.45, 2.75) is 19.8 Å². The number of benzene rings is 1. The zero-order valence-corrected chi connectivity index (χ0v) is 11.1. The van der Waals surface area contributed by atoms with Crippen LogP contribution in [0.15, 0.2) is 18.2 Å². The number of nitrogens with zero attached hydrogens (tertiary/aromatic N) is 1. The van der Waals surface area contributed by atoms with E-state index in [0.717, 1.165) is 0 Å². The lowest BCUT2D eigenvalue weighted by Crippen LogP contribution is -2.21. The third-order valence-corrected chi connectivity index (χ3v) is 3.82. The average molecular weight is 263 g/mol. The summed E-state index contributed by atoms with van der Waals surface area (Å²) in [6, 6.07) is 4.54. The lowest BCUT2D eigenvalue weighted by Gasteiger charge is -2.21. The number of ketones is 1. The van der Waals surface area contributed by atoms with Gasteiger partial charge in [-0.3, -0.25) is 4.79 Å². The Balaban J connectivity index is 1.81. The van der Waals surface area contributed by atoms with Crippen LogP contribution in [0.4, 0.5) is 10.1 Å². The van der Waals surface area contributed by atoms with Gasteiger partial charge in [0.15, 0.2) is 5.78 Å². The largest absolute Gasteiger partial charge is 0.491 e. The molecule has 0 radical (unpaired) electrons. The molecular weight excluding hydrogens is 245 g/mol. The Bertz CT molecular complexity index is 499. The second-order valence-electron chi connectivity index (χ2n) is 5.61. The molecule has 102 valence electrons. The van der Waals surface area contributed by atoms with Gasteiger partial charge in [0, 0.05) is 18.5 Å². The minimum Gasteiger partial charge on any atom is -0.491 e. The van der Waals surface area contributed by atoms with Gasteiger partial charge in [-0.1, -0.05) is 6.92 Å². The number of Topliss-reactive ketones (excluding diaryl/α,β-unsaturated/α-hetero) is 1. The number of hydrogen-bond acceptors (Lipinski definition) is 3. The van der Waals surface area contributed by atoms with Crippen molar-refractivity contribution in [2.24, 2.45) is 11.8 Å². The zero-order chi connectivity index (χ0) is 13.4. The molecule has 2 fully saturated rings. The molecule has 1 saturated heterocycles. The predicted molar refractivity (Wildman–Crippen MR) is 71.0 cm³/mol. The third-order valence-electron chi connectivity index (χ3n) is 3.82. The molecule has 0 bridgehead atoms. The molecule has 1 aliphatic carbocycles. The quantitative estimate of drug-likeness (QED) is 0.836. The van der Waals surface area contributed by atoms with Crippen LogP contribution in [0.2, 0.25) is 0 Å². The van der Waals surface area contributed by atoms with Crippen LogP contribution in [0.5, 0.6) is 5.75 Å². The van der Waals surface area contributed by atoms with Crippen molar-refractivity contribution in [3.05, 3.63) is 24.0 Å². The van der Waals surface area contributed by atoms with Gasteiger partial charge in [-0.25, -0.2) is 4.39 Å². The number of halogens is 1. The Labute approximate surface area is 112 Å². The summed E-state index contributed by atoms with van der Waals surface area (Å²) in [5, 5.41) is 0. The fourth-order valence-electron chi connectivity index (χ4n) is 2.38. The molecule has 0 spiro atoms. The molecule has 2 aliphatic rings. The second kappa shape index (κ2) is 4.83. The van der Waals surface area contributed by atoms with Gasteiger partial charge in [0.25, 0.3) is 0 Å². The summed E-state index contributed by atoms with van der Waals surface area (Å²) in [4.78, 5) is 13.6. The Morgan fingerprint density at radius 1 is 1.42 bits per heavy atom. The molecule has 0 amide bonds. The number of rotatable bonds is 4. The Kier molecular flexibility index (Phi) is 3.17. The van der Waals surface area contributed by atoms with Crippen molar-refractivity contribution in [3.63, 3.8) is 0 Å². The molecular formula is C15H18FNO2. The number of carbonyl (C=O) groups excluding carboxylic acids is 1. The highest BCUT2D eigenvalue weighted by molar-refractivity contribution is 5.89. The van der Waals surface area contributed by atoms with Crippen molar-refractivity contribution >= 4 is 11.5 Å². The van der Waals surface area contributed by atoms with Crippen molar-refractivity contribution in [2.75, 3.05) is 24.6 Å². The van der Waals surface area contributed by atoms with Crippen LogP contribution in [-0.2, 0) is 4.79 Å². The first-order valence-corrected chi connectivity index (χ1v) is 6.83. The molecule has 0 N–H and O–H groups in total. The minimum atomic E-state index is -0.291. The van der Waals surface area contributed by atoms with E-state index in [1.54, 1.807) is 6.07 Å². The lowest BCUT2D eigenvalue weighted by atomic mass is 10.1. The number of carbonyl (C=O) groups is 1. The Morgan fingerprint density at radius 3 is 2.84 bits per heavy atom. The number of anilines is 1. The summed E-state index contributed by atoms with van der Waals surface area (Å²) in [7, 11) is 0. The van der Waals surface area contributed by atoms with E-state index < -0.39 is 0 Å². The topological polar surface area (TPSA) is 29.5 Å². The first-order valence-electron chi connectivity index (χ1n) is 6.83. The summed E-state index contributed by atoms with van der Waals surface area (Å²) in [6.07, 6.45) is 2.44. The monoisotopic (exact) mass is 263 g/mol. The van der Waals surface area contributed by atoms with E-state index in [9.17, 15) is 9.18 Å². The highest BCUT2D eigenvalue weighted by Crippen LogP contribution is 2.35. The summed E-state index contributed by atoms with van der Waals surface area (Å²) < 4.78 is 19.2. The molecule has 1 saturated carbocycles. The molecule has 1 heterocycles. The fourth-order valence-corrected chi connectivity index (χ4v) is 2.38. The maximum Gasteiger partial charge on any atom is 0.156 e. The minimum absolute atomic E-state index is 0.0135. The third kappa shape index (κ3) is 2.72. The van der Waals surface area contributed by atoms with E-state index in [1.807, 2.05) is 11.8 Å². The van der Waals surface area contributed by atoms with Crippen LogP contribution >= 0.6 is 0 Å². The molecule has 1 aliphatic heterocycles. The highest BCUT2D eigenvalue weighted by atomic mass is 19.1. The molecule has 4 heteroatoms. The van der Waals surface area contributed by atoms with E-state index in [1.165, 1.54) is 25.0 Å². The average Bonchev–Trinajstić information content (AvgIpc) is 3.14. The van der Waals surface area contributed by atoms with Crippen LogP contribution in [0, 0.1) is 17.7 Å². The second-order valence-corrected chi connectivity index (χ2v) is 5.61. The molecule has 3 nitrogen and oxygen atoms in total. The molecule has 19 heavy (non-hydrogen) atoms. The zero-order valence-electron chi connectivity index (χ0n) is 11.1. The van der Waals surface area contributed by atoms with Gasteiger partial charge in [-0.05, 0) is 30.9 Å². The highest BCUT2D eigenvalue weighted by Gasteiger charge is 2.29. The van der Waals surface area contributed by atoms with Crippen molar-refractivity contribution in [3.8, 4) is 5.75 Å². The van der Waals surface area contributed by atoms with Gasteiger partial charge >= 0.3 is 0 Å². The number of hydrogen-bond donors (Lipinski definition) is 0. The van der Waals surface area contributed by atoms with Gasteiger partial charge < -0.3 is 9.64 Å². The standard InChI is InChI=1S/C15H18FNO2/c1-10-7-17(8-14(10)18)13-6-12(16)4-5-15(13)19-9-11-2-3-11/h4-6,10-11H,2-3,7-9H2,1H3. The summed E-state index contributed by atoms with van der Waals surface area (Å²) in [5.41, 5.74) is 0.707. The number of ether oxygens (including phenoxy) is 1. The van der Waals surface area contributed by atoms with Crippen LogP contribution in [0.25, 0.3) is 0 Å². The molecule has 1 aromatic rings. The van der Waals surface area contributed by atoms with Crippen LogP contribution in [0.3, 0.4) is 0 Å². The SMILES string of the molecule is CC1CN(c2cc(F)ccc2OCC2CC2)CC1=O. The summed E-state index contributed by atoms with van der Waals surface area (Å²) in [5.74, 6) is 1.27. The van der Waals surface area contributed by atoms with Gasteiger partial charge in [0.2, 0.25) is 0 Å². The van der Waals surface area contributed by atoms with Crippen LogP contribution in [-0.4, -0.2) is 25.5 Å². The fraction of sp³-hybridized carbons (Fsp3) is 0.533. The maximum absolute atomic E-state index is 13.4. The van der Waals surface area contributed by atoms with Gasteiger partial charge in [-0.15, -0.1) is 0 Å². The van der Waals surface area contributed by atoms with Crippen molar-refractivity contribution in [1.82, 2.24) is 0 Å². The molecule has 1 atom stereocenters. The predicted octanol–water partition coefficient (Wildman–Crippen LogP) is 2.64. The summed E-state index contributed by atoms with van der Waals surface area (Å²) >= 11 is 0. The van der Waals surface area contributed by atoms with Gasteiger partial charge in [-0.2, -0.15) is 0 Å². The molecule has 1 aromatic carbocycles. The Morgan fingerprint density at radius 2 is 2.21 bits per heavy atom. The lowest BCUT2D eigenvalue weighted by molar-refractivity contribution is -0.118. The molecule has 0 aromatic heterocycles. The van der Waals surface area contributed by atoms with E-state index in [0.29, 0.717) is 37.1 Å². The van der Waals surface area contributed by atoms with Gasteiger partial charge in [0.1, 0.15) is 11.6 Å². The first-order chi connectivity index (χ1) is 9.13. The van der Waals surface area contributed by atoms with Gasteiger partial charge in [0.05, 0.1) is 18.8 Å². The maximum atomic E-state index is 13.4. The van der Waals surface area contributed by atoms with Crippen LogP contribution in [0.1, 0.15) is 19.8 Å². The summed E-state index contributed by atoms with van der Waals surface area (Å²) in [6.45, 7) is 3.59. The van der Waals surface area contributed by atoms with E-state index in [2.05, 4.69) is 0 Å². The van der Waals surface area contributed by atoms with E-state index >= 15 is 0 Å².